The fourth-order valence-corrected chi connectivity index (χ4v) is 5.17. The number of unbranched alkanes of at least 4 members (excludes halogenated alkanes) is 1. The predicted octanol–water partition coefficient (Wildman–Crippen LogP) is 3.95. The standard InChI is InChI=1S/C24H26F2N4O2/c25-16-3-6-18(7-4-16)30-21-8-5-17(26)13-19(21)20-15-28(12-9-22(20)30)10-1-2-11-29-24(32)14-23(31)27-29/h3-8,13-14,20,22,32H,1-2,9-12,15H2,(H,27,31)/t20-,22+/m0/s1. The Labute approximate surface area is 184 Å². The number of aromatic hydroxyl groups is 1. The third kappa shape index (κ3) is 3.90. The topological polar surface area (TPSA) is 64.5 Å². The number of halogens is 2. The maximum atomic E-state index is 14.1. The number of fused-ring (bicyclic) bond motifs is 3. The van der Waals surface area contributed by atoms with E-state index in [1.165, 1.54) is 28.9 Å². The maximum absolute atomic E-state index is 14.1. The van der Waals surface area contributed by atoms with Crippen LogP contribution in [-0.2, 0) is 6.54 Å². The second kappa shape index (κ2) is 8.43. The van der Waals surface area contributed by atoms with Crippen molar-refractivity contribution in [3.05, 3.63) is 76.1 Å². The molecule has 6 nitrogen and oxygen atoms in total. The summed E-state index contributed by atoms with van der Waals surface area (Å²) in [5, 5.41) is 12.3. The first-order valence-corrected chi connectivity index (χ1v) is 11.0. The molecular formula is C24H26F2N4O2. The van der Waals surface area contributed by atoms with Gasteiger partial charge in [-0.2, -0.15) is 0 Å². The number of rotatable bonds is 6. The summed E-state index contributed by atoms with van der Waals surface area (Å²) in [5.74, 6) is -0.359. The zero-order valence-corrected chi connectivity index (χ0v) is 17.7. The highest BCUT2D eigenvalue weighted by Crippen LogP contribution is 2.48. The zero-order valence-electron chi connectivity index (χ0n) is 17.7. The largest absolute Gasteiger partial charge is 0.493 e. The number of benzene rings is 2. The van der Waals surface area contributed by atoms with Crippen LogP contribution >= 0.6 is 0 Å². The molecule has 5 rings (SSSR count). The molecule has 2 aliphatic heterocycles. The van der Waals surface area contributed by atoms with Crippen LogP contribution in [0.2, 0.25) is 0 Å². The van der Waals surface area contributed by atoms with Crippen LogP contribution in [0.4, 0.5) is 20.2 Å². The van der Waals surface area contributed by atoms with E-state index in [0.29, 0.717) is 6.54 Å². The first-order chi connectivity index (χ1) is 15.5. The predicted molar refractivity (Wildman–Crippen MR) is 118 cm³/mol. The lowest BCUT2D eigenvalue weighted by molar-refractivity contribution is 0.192. The molecule has 0 radical (unpaired) electrons. The number of piperidine rings is 1. The molecular weight excluding hydrogens is 414 g/mol. The van der Waals surface area contributed by atoms with Gasteiger partial charge in [-0.25, -0.2) is 8.78 Å². The Balaban J connectivity index is 1.27. The highest BCUT2D eigenvalue weighted by Gasteiger charge is 2.42. The van der Waals surface area contributed by atoms with Crippen LogP contribution in [0.1, 0.15) is 30.7 Å². The second-order valence-corrected chi connectivity index (χ2v) is 8.65. The van der Waals surface area contributed by atoms with Crippen molar-refractivity contribution in [2.45, 2.75) is 37.8 Å². The van der Waals surface area contributed by atoms with Gasteiger partial charge >= 0.3 is 0 Å². The van der Waals surface area contributed by atoms with Crippen LogP contribution in [0.15, 0.2) is 53.3 Å². The van der Waals surface area contributed by atoms with Crippen LogP contribution in [0, 0.1) is 11.6 Å². The quantitative estimate of drug-likeness (QED) is 0.570. The minimum Gasteiger partial charge on any atom is -0.493 e. The molecule has 168 valence electrons. The monoisotopic (exact) mass is 440 g/mol. The molecule has 2 aliphatic rings. The number of aromatic amines is 1. The van der Waals surface area contributed by atoms with Gasteiger partial charge in [0.05, 0.1) is 6.07 Å². The van der Waals surface area contributed by atoms with E-state index >= 15 is 0 Å². The highest BCUT2D eigenvalue weighted by atomic mass is 19.1. The molecule has 1 fully saturated rings. The molecule has 0 bridgehead atoms. The molecule has 1 saturated heterocycles. The Kier molecular flexibility index (Phi) is 5.46. The summed E-state index contributed by atoms with van der Waals surface area (Å²) in [7, 11) is 0. The van der Waals surface area contributed by atoms with Crippen LogP contribution in [0.5, 0.6) is 5.88 Å². The number of nitrogens with zero attached hydrogens (tertiary/aromatic N) is 3. The number of anilines is 2. The Hall–Kier alpha value is -3.13. The Morgan fingerprint density at radius 1 is 1.00 bits per heavy atom. The Morgan fingerprint density at radius 2 is 1.75 bits per heavy atom. The number of aryl methyl sites for hydroxylation is 1. The van der Waals surface area contributed by atoms with E-state index in [4.69, 9.17) is 0 Å². The molecule has 0 unspecified atom stereocenters. The lowest BCUT2D eigenvalue weighted by Gasteiger charge is -2.39. The average molecular weight is 440 g/mol. The fraction of sp³-hybridized carbons (Fsp3) is 0.375. The molecule has 0 amide bonds. The number of aromatic nitrogens is 2. The summed E-state index contributed by atoms with van der Waals surface area (Å²) in [6.07, 6.45) is 2.69. The maximum Gasteiger partial charge on any atom is 0.267 e. The van der Waals surface area contributed by atoms with Crippen molar-refractivity contribution in [3.63, 3.8) is 0 Å². The number of H-pyrrole nitrogens is 1. The van der Waals surface area contributed by atoms with E-state index < -0.39 is 0 Å². The van der Waals surface area contributed by atoms with Gasteiger partial charge in [-0.1, -0.05) is 0 Å². The summed E-state index contributed by atoms with van der Waals surface area (Å²) in [5.41, 5.74) is 2.64. The van der Waals surface area contributed by atoms with Crippen molar-refractivity contribution in [1.29, 1.82) is 0 Å². The molecule has 2 atom stereocenters. The molecule has 0 spiro atoms. The van der Waals surface area contributed by atoms with Crippen LogP contribution in [0.25, 0.3) is 0 Å². The van der Waals surface area contributed by atoms with Gasteiger partial charge in [0.25, 0.3) is 5.56 Å². The third-order valence-corrected chi connectivity index (χ3v) is 6.63. The molecule has 3 aromatic rings. The van der Waals surface area contributed by atoms with E-state index in [2.05, 4.69) is 14.9 Å². The molecule has 3 heterocycles. The lowest BCUT2D eigenvalue weighted by Crippen LogP contribution is -2.45. The van der Waals surface area contributed by atoms with Crippen molar-refractivity contribution in [3.8, 4) is 5.88 Å². The summed E-state index contributed by atoms with van der Waals surface area (Å²) in [4.78, 5) is 15.9. The van der Waals surface area contributed by atoms with E-state index in [1.807, 2.05) is 6.07 Å². The van der Waals surface area contributed by atoms with E-state index in [9.17, 15) is 18.7 Å². The van der Waals surface area contributed by atoms with Crippen molar-refractivity contribution in [2.24, 2.45) is 0 Å². The van der Waals surface area contributed by atoms with E-state index in [0.717, 1.165) is 55.8 Å². The number of nitrogens with one attached hydrogen (secondary N) is 1. The number of hydrogen-bond acceptors (Lipinski definition) is 4. The Morgan fingerprint density at radius 3 is 2.50 bits per heavy atom. The van der Waals surface area contributed by atoms with E-state index in [1.54, 1.807) is 18.2 Å². The van der Waals surface area contributed by atoms with Gasteiger partial charge in [-0.3, -0.25) is 14.6 Å². The molecule has 2 N–H and O–H groups in total. The average Bonchev–Trinajstić information content (AvgIpc) is 3.27. The molecule has 1 aromatic heterocycles. The smallest absolute Gasteiger partial charge is 0.267 e. The van der Waals surface area contributed by atoms with Crippen molar-refractivity contribution < 1.29 is 13.9 Å². The molecule has 8 heteroatoms. The van der Waals surface area contributed by atoms with Gasteiger partial charge in [0.15, 0.2) is 0 Å². The van der Waals surface area contributed by atoms with Crippen LogP contribution in [-0.4, -0.2) is 45.5 Å². The molecule has 0 aliphatic carbocycles. The van der Waals surface area contributed by atoms with Gasteiger partial charge in [0.1, 0.15) is 11.6 Å². The summed E-state index contributed by atoms with van der Waals surface area (Å²) < 4.78 is 29.1. The summed E-state index contributed by atoms with van der Waals surface area (Å²) in [6.45, 7) is 3.22. The van der Waals surface area contributed by atoms with Gasteiger partial charge in [-0.05, 0) is 73.8 Å². The third-order valence-electron chi connectivity index (χ3n) is 6.63. The fourth-order valence-electron chi connectivity index (χ4n) is 5.17. The SMILES string of the molecule is O=c1cc(O)n(CCCCN2CC[C@@H]3[C@@H](C2)c2cc(F)ccc2N3c2ccc(F)cc2)[nH]1. The van der Waals surface area contributed by atoms with Crippen LogP contribution < -0.4 is 10.5 Å². The first-order valence-electron chi connectivity index (χ1n) is 11.0. The zero-order chi connectivity index (χ0) is 22.2. The normalized spacial score (nSPS) is 20.4. The number of likely N-dealkylation sites (tertiary alicyclic amines) is 1. The molecule has 2 aromatic carbocycles. The highest BCUT2D eigenvalue weighted by molar-refractivity contribution is 5.73. The minimum atomic E-state index is -0.303. The van der Waals surface area contributed by atoms with Crippen molar-refractivity contribution in [2.75, 3.05) is 24.5 Å². The number of hydrogen-bond donors (Lipinski definition) is 2. The van der Waals surface area contributed by atoms with Gasteiger partial charge in [0.2, 0.25) is 5.88 Å². The van der Waals surface area contributed by atoms with Crippen molar-refractivity contribution >= 4 is 11.4 Å². The van der Waals surface area contributed by atoms with Gasteiger partial charge in [0, 0.05) is 43.0 Å². The minimum absolute atomic E-state index is 0.0405. The van der Waals surface area contributed by atoms with Gasteiger partial charge in [-0.15, -0.1) is 0 Å². The molecule has 32 heavy (non-hydrogen) atoms. The van der Waals surface area contributed by atoms with Crippen LogP contribution in [0.3, 0.4) is 0 Å². The summed E-state index contributed by atoms with van der Waals surface area (Å²) in [6, 6.07) is 12.9. The lowest BCUT2D eigenvalue weighted by atomic mass is 9.89. The first kappa shape index (κ1) is 20.8. The Bertz CT molecular complexity index is 1160. The molecule has 0 saturated carbocycles. The van der Waals surface area contributed by atoms with Gasteiger partial charge < -0.3 is 14.9 Å². The second-order valence-electron chi connectivity index (χ2n) is 8.65. The van der Waals surface area contributed by atoms with Crippen molar-refractivity contribution in [1.82, 2.24) is 14.7 Å². The van der Waals surface area contributed by atoms with E-state index in [-0.39, 0.29) is 35.0 Å². The summed E-state index contributed by atoms with van der Waals surface area (Å²) >= 11 is 0.